The Morgan fingerprint density at radius 1 is 0.714 bits per heavy atom. The van der Waals surface area contributed by atoms with Crippen LogP contribution in [0.1, 0.15) is 18.1 Å². The molecular formula is C26H26O2. The minimum absolute atomic E-state index is 0.388. The zero-order valence-corrected chi connectivity index (χ0v) is 16.3. The highest BCUT2D eigenvalue weighted by Gasteiger charge is 2.03. The van der Waals surface area contributed by atoms with E-state index in [1.807, 2.05) is 78.9 Å². The monoisotopic (exact) mass is 370 g/mol. The minimum Gasteiger partial charge on any atom is -0.423 e. The molecule has 142 valence electrons. The molecule has 2 heteroatoms. The maximum atomic E-state index is 11.0. The topological polar surface area (TPSA) is 26.3 Å². The second-order valence-corrected chi connectivity index (χ2v) is 5.71. The highest BCUT2D eigenvalue weighted by Crippen LogP contribution is 2.09. The fourth-order valence-electron chi connectivity index (χ4n) is 1.86. The lowest BCUT2D eigenvalue weighted by atomic mass is 10.2. The number of carbonyl (C=O) groups is 1. The van der Waals surface area contributed by atoms with Crippen LogP contribution in [0, 0.1) is 0 Å². The van der Waals surface area contributed by atoms with Gasteiger partial charge in [0.05, 0.1) is 0 Å². The van der Waals surface area contributed by atoms with Crippen molar-refractivity contribution in [1.29, 1.82) is 0 Å². The molecule has 0 aliphatic heterocycles. The summed E-state index contributed by atoms with van der Waals surface area (Å²) in [4.78, 5) is 11.0. The Labute approximate surface area is 168 Å². The van der Waals surface area contributed by atoms with Crippen LogP contribution in [-0.2, 0) is 4.79 Å². The van der Waals surface area contributed by atoms with Gasteiger partial charge in [-0.3, -0.25) is 0 Å². The van der Waals surface area contributed by atoms with Gasteiger partial charge in [0.15, 0.2) is 0 Å². The molecule has 0 radical (unpaired) electrons. The second kappa shape index (κ2) is 13.5. The summed E-state index contributed by atoms with van der Waals surface area (Å²) >= 11 is 0. The van der Waals surface area contributed by atoms with Crippen LogP contribution in [0.4, 0.5) is 0 Å². The van der Waals surface area contributed by atoms with Crippen molar-refractivity contribution in [1.82, 2.24) is 0 Å². The van der Waals surface area contributed by atoms with E-state index in [1.165, 1.54) is 11.1 Å². The van der Waals surface area contributed by atoms with Crippen molar-refractivity contribution in [3.63, 3.8) is 0 Å². The van der Waals surface area contributed by atoms with Crippen molar-refractivity contribution in [3.8, 4) is 5.75 Å². The molecule has 0 unspecified atom stereocenters. The number of ether oxygens (including phenoxy) is 1. The van der Waals surface area contributed by atoms with Gasteiger partial charge in [-0.15, -0.1) is 0 Å². The van der Waals surface area contributed by atoms with E-state index in [0.717, 1.165) is 0 Å². The molecule has 28 heavy (non-hydrogen) atoms. The van der Waals surface area contributed by atoms with Crippen molar-refractivity contribution in [3.05, 3.63) is 127 Å². The number of para-hydroxylation sites is 1. The number of hydrogen-bond acceptors (Lipinski definition) is 2. The molecule has 3 aromatic carbocycles. The van der Waals surface area contributed by atoms with Crippen molar-refractivity contribution >= 4 is 18.1 Å². The van der Waals surface area contributed by atoms with E-state index in [1.54, 1.807) is 31.2 Å². The summed E-state index contributed by atoms with van der Waals surface area (Å²) in [5, 5.41) is 0. The Hall–Kier alpha value is -3.65. The lowest BCUT2D eigenvalue weighted by molar-refractivity contribution is -0.130. The quantitative estimate of drug-likeness (QED) is 0.286. The third-order valence-corrected chi connectivity index (χ3v) is 3.37. The molecule has 0 saturated heterocycles. The summed E-state index contributed by atoms with van der Waals surface area (Å²) in [7, 11) is 0. The van der Waals surface area contributed by atoms with Gasteiger partial charge >= 0.3 is 5.97 Å². The van der Waals surface area contributed by atoms with Gasteiger partial charge in [-0.25, -0.2) is 4.79 Å². The van der Waals surface area contributed by atoms with Crippen LogP contribution in [0.5, 0.6) is 5.75 Å². The Balaban J connectivity index is 0.000000217. The van der Waals surface area contributed by atoms with Crippen LogP contribution >= 0.6 is 0 Å². The smallest absolute Gasteiger partial charge is 0.338 e. The molecule has 3 aromatic rings. The van der Waals surface area contributed by atoms with E-state index in [2.05, 4.69) is 19.7 Å². The number of rotatable bonds is 4. The molecule has 0 fully saturated rings. The van der Waals surface area contributed by atoms with Crippen LogP contribution in [0.15, 0.2) is 116 Å². The molecule has 0 spiro atoms. The van der Waals surface area contributed by atoms with E-state index < -0.39 is 0 Å². The van der Waals surface area contributed by atoms with Crippen molar-refractivity contribution < 1.29 is 9.53 Å². The molecule has 0 N–H and O–H groups in total. The highest BCUT2D eigenvalue weighted by atomic mass is 16.5. The Morgan fingerprint density at radius 3 is 1.36 bits per heavy atom. The molecule has 3 rings (SSSR count). The van der Waals surface area contributed by atoms with Gasteiger partial charge in [0.25, 0.3) is 0 Å². The number of esters is 1. The standard InChI is InChI=1S/C10H10O2.2C8H8/c1-8(2)10(11)12-9-6-4-3-5-7-9;2*1-2-8-6-4-3-5-7-8/h3-7H,1H2,2H3;2*2-7H,1H2. The molecule has 2 nitrogen and oxygen atoms in total. The number of hydrogen-bond donors (Lipinski definition) is 0. The fourth-order valence-corrected chi connectivity index (χ4v) is 1.86. The predicted molar refractivity (Wildman–Crippen MR) is 120 cm³/mol. The first-order valence-corrected chi connectivity index (χ1v) is 8.84. The van der Waals surface area contributed by atoms with Crippen LogP contribution in [0.25, 0.3) is 12.2 Å². The van der Waals surface area contributed by atoms with Crippen LogP contribution < -0.4 is 4.74 Å². The van der Waals surface area contributed by atoms with Crippen LogP contribution in [0.2, 0.25) is 0 Å². The minimum atomic E-state index is -0.388. The first kappa shape index (κ1) is 22.4. The summed E-state index contributed by atoms with van der Waals surface area (Å²) in [6.45, 7) is 12.4. The lowest BCUT2D eigenvalue weighted by Crippen LogP contribution is -2.07. The molecule has 0 heterocycles. The number of carbonyl (C=O) groups excluding carboxylic acids is 1. The van der Waals surface area contributed by atoms with Crippen LogP contribution in [0.3, 0.4) is 0 Å². The molecule has 0 saturated carbocycles. The van der Waals surface area contributed by atoms with Gasteiger partial charge in [-0.2, -0.15) is 0 Å². The van der Waals surface area contributed by atoms with Gasteiger partial charge in [-0.1, -0.05) is 111 Å². The Kier molecular flexibility index (Phi) is 10.8. The SMILES string of the molecule is C=C(C)C(=O)Oc1ccccc1.C=Cc1ccccc1.C=Cc1ccccc1. The zero-order valence-electron chi connectivity index (χ0n) is 16.3. The van der Waals surface area contributed by atoms with E-state index in [-0.39, 0.29) is 5.97 Å². The van der Waals surface area contributed by atoms with Crippen LogP contribution in [-0.4, -0.2) is 5.97 Å². The molecular weight excluding hydrogens is 344 g/mol. The maximum Gasteiger partial charge on any atom is 0.338 e. The summed E-state index contributed by atoms with van der Waals surface area (Å²) < 4.78 is 4.94. The summed E-state index contributed by atoms with van der Waals surface area (Å²) in [5.74, 6) is 0.159. The molecule has 0 aliphatic carbocycles. The van der Waals surface area contributed by atoms with Gasteiger partial charge in [0.2, 0.25) is 0 Å². The third kappa shape index (κ3) is 9.73. The van der Waals surface area contributed by atoms with E-state index >= 15 is 0 Å². The Bertz CT molecular complexity index is 807. The molecule has 0 aliphatic rings. The van der Waals surface area contributed by atoms with Crippen molar-refractivity contribution in [2.24, 2.45) is 0 Å². The fraction of sp³-hybridized carbons (Fsp3) is 0.0385. The summed E-state index contributed by atoms with van der Waals surface area (Å²) in [5.41, 5.74) is 2.75. The number of benzene rings is 3. The van der Waals surface area contributed by atoms with E-state index in [9.17, 15) is 4.79 Å². The second-order valence-electron chi connectivity index (χ2n) is 5.71. The summed E-state index contributed by atoms with van der Waals surface area (Å²) in [6, 6.07) is 29.0. The predicted octanol–water partition coefficient (Wildman–Crippen LogP) is 6.83. The summed E-state index contributed by atoms with van der Waals surface area (Å²) in [6.07, 6.45) is 3.67. The van der Waals surface area contributed by atoms with E-state index in [4.69, 9.17) is 4.74 Å². The van der Waals surface area contributed by atoms with Gasteiger partial charge in [0.1, 0.15) is 5.75 Å². The highest BCUT2D eigenvalue weighted by molar-refractivity contribution is 5.88. The van der Waals surface area contributed by atoms with E-state index in [0.29, 0.717) is 11.3 Å². The van der Waals surface area contributed by atoms with Gasteiger partial charge < -0.3 is 4.74 Å². The lowest BCUT2D eigenvalue weighted by Gasteiger charge is -2.01. The van der Waals surface area contributed by atoms with Crippen molar-refractivity contribution in [2.45, 2.75) is 6.92 Å². The first-order chi connectivity index (χ1) is 13.6. The largest absolute Gasteiger partial charge is 0.423 e. The average Bonchev–Trinajstić information content (AvgIpc) is 2.76. The molecule has 0 atom stereocenters. The average molecular weight is 370 g/mol. The Morgan fingerprint density at radius 2 is 1.07 bits per heavy atom. The first-order valence-electron chi connectivity index (χ1n) is 8.84. The third-order valence-electron chi connectivity index (χ3n) is 3.37. The maximum absolute atomic E-state index is 11.0. The molecule has 0 amide bonds. The zero-order chi connectivity index (χ0) is 20.6. The van der Waals surface area contributed by atoms with Crippen molar-refractivity contribution in [2.75, 3.05) is 0 Å². The molecule has 0 aromatic heterocycles. The molecule has 0 bridgehead atoms. The van der Waals surface area contributed by atoms with Gasteiger partial charge in [-0.05, 0) is 30.2 Å². The van der Waals surface area contributed by atoms with Gasteiger partial charge in [0, 0.05) is 5.57 Å². The normalized spacial score (nSPS) is 8.75.